The van der Waals surface area contributed by atoms with E-state index in [2.05, 4.69) is 4.90 Å². The number of rotatable bonds is 3. The maximum Gasteiger partial charge on any atom is 0.267 e. The van der Waals surface area contributed by atoms with Crippen molar-refractivity contribution in [3.05, 3.63) is 11.1 Å². The lowest BCUT2D eigenvalue weighted by atomic mass is 10.2. The molecule has 3 saturated heterocycles. The van der Waals surface area contributed by atoms with Crippen LogP contribution in [0.2, 0.25) is 0 Å². The van der Waals surface area contributed by atoms with Crippen molar-refractivity contribution < 1.29 is 14.3 Å². The Bertz CT molecular complexity index is 429. The van der Waals surface area contributed by atoms with Crippen LogP contribution < -0.4 is 0 Å². The van der Waals surface area contributed by atoms with Gasteiger partial charge >= 0.3 is 0 Å². The van der Waals surface area contributed by atoms with Crippen LogP contribution >= 0.6 is 24.0 Å². The Morgan fingerprint density at radius 2 is 2.15 bits per heavy atom. The average molecular weight is 314 g/mol. The first-order chi connectivity index (χ1) is 9.74. The molecule has 0 aromatic carbocycles. The molecule has 20 heavy (non-hydrogen) atoms. The van der Waals surface area contributed by atoms with Gasteiger partial charge < -0.3 is 14.4 Å². The van der Waals surface area contributed by atoms with E-state index >= 15 is 0 Å². The molecule has 0 radical (unpaired) electrons. The number of carbonyl (C=O) groups is 1. The summed E-state index contributed by atoms with van der Waals surface area (Å²) in [7, 11) is 0. The summed E-state index contributed by atoms with van der Waals surface area (Å²) in [5, 5.41) is 0. The van der Waals surface area contributed by atoms with Crippen molar-refractivity contribution in [2.75, 3.05) is 39.5 Å². The summed E-state index contributed by atoms with van der Waals surface area (Å²) >= 11 is 6.72. The van der Waals surface area contributed by atoms with Gasteiger partial charge in [0.25, 0.3) is 5.91 Å². The molecule has 3 rings (SSSR count). The summed E-state index contributed by atoms with van der Waals surface area (Å²) in [6.07, 6.45) is 4.15. The summed E-state index contributed by atoms with van der Waals surface area (Å²) < 4.78 is 11.5. The van der Waals surface area contributed by atoms with Crippen LogP contribution in [0, 0.1) is 0 Å². The second kappa shape index (κ2) is 6.43. The highest BCUT2D eigenvalue weighted by atomic mass is 32.2. The second-order valence-corrected chi connectivity index (χ2v) is 6.74. The van der Waals surface area contributed by atoms with Crippen LogP contribution in [0.15, 0.2) is 11.1 Å². The fourth-order valence-corrected chi connectivity index (χ4v) is 3.79. The predicted octanol–water partition coefficient (Wildman–Crippen LogP) is 1.20. The highest BCUT2D eigenvalue weighted by Crippen LogP contribution is 2.32. The highest BCUT2D eigenvalue weighted by molar-refractivity contribution is 8.26. The molecular formula is C13H18N2O3S2. The molecular weight excluding hydrogens is 296 g/mol. The third-order valence-corrected chi connectivity index (χ3v) is 4.99. The third-order valence-electron chi connectivity index (χ3n) is 3.63. The summed E-state index contributed by atoms with van der Waals surface area (Å²) in [5.41, 5.74) is 0. The van der Waals surface area contributed by atoms with Gasteiger partial charge in [-0.3, -0.25) is 9.69 Å². The minimum Gasteiger partial charge on any atom is -0.378 e. The molecule has 0 aliphatic carbocycles. The third kappa shape index (κ3) is 3.16. The molecule has 7 heteroatoms. The lowest BCUT2D eigenvalue weighted by molar-refractivity contribution is -0.123. The number of carbonyl (C=O) groups excluding carboxylic acids is 1. The van der Waals surface area contributed by atoms with Gasteiger partial charge in [0.05, 0.1) is 30.8 Å². The molecule has 0 spiro atoms. The maximum atomic E-state index is 12.4. The molecule has 3 heterocycles. The topological polar surface area (TPSA) is 42.0 Å². The number of amides is 1. The van der Waals surface area contributed by atoms with Gasteiger partial charge in [0.15, 0.2) is 0 Å². The first-order valence-corrected chi connectivity index (χ1v) is 8.15. The summed E-state index contributed by atoms with van der Waals surface area (Å²) in [4.78, 5) is 16.9. The number of thiocarbonyl (C=S) groups is 1. The zero-order chi connectivity index (χ0) is 13.9. The van der Waals surface area contributed by atoms with Crippen LogP contribution in [0.25, 0.3) is 0 Å². The molecule has 0 unspecified atom stereocenters. The Morgan fingerprint density at radius 3 is 2.85 bits per heavy atom. The Balaban J connectivity index is 1.64. The Labute approximate surface area is 128 Å². The van der Waals surface area contributed by atoms with Crippen molar-refractivity contribution in [3.8, 4) is 0 Å². The molecule has 0 aromatic rings. The Hall–Kier alpha value is -0.630. The average Bonchev–Trinajstić information content (AvgIpc) is 3.05. The first kappa shape index (κ1) is 14.3. The molecule has 3 fully saturated rings. The Kier molecular flexibility index (Phi) is 4.60. The SMILES string of the molecule is O=C1/C(=C\N2CCOCC2)SC(=S)N1C[C@H]1CCCO1. The Morgan fingerprint density at radius 1 is 1.35 bits per heavy atom. The van der Waals surface area contributed by atoms with Gasteiger partial charge in [-0.15, -0.1) is 0 Å². The van der Waals surface area contributed by atoms with E-state index in [0.717, 1.165) is 37.4 Å². The first-order valence-electron chi connectivity index (χ1n) is 6.93. The van der Waals surface area contributed by atoms with E-state index in [4.69, 9.17) is 21.7 Å². The van der Waals surface area contributed by atoms with E-state index in [1.54, 1.807) is 4.90 Å². The van der Waals surface area contributed by atoms with Gasteiger partial charge in [0.2, 0.25) is 0 Å². The molecule has 1 amide bonds. The molecule has 0 aromatic heterocycles. The van der Waals surface area contributed by atoms with Crippen molar-refractivity contribution >= 4 is 34.2 Å². The highest BCUT2D eigenvalue weighted by Gasteiger charge is 2.35. The van der Waals surface area contributed by atoms with E-state index in [0.29, 0.717) is 24.1 Å². The van der Waals surface area contributed by atoms with Gasteiger partial charge in [-0.25, -0.2) is 0 Å². The summed E-state index contributed by atoms with van der Waals surface area (Å²) in [6, 6.07) is 0. The molecule has 1 atom stereocenters. The standard InChI is InChI=1S/C13H18N2O3S2/c16-12-11(9-14-3-6-17-7-4-14)20-13(19)15(12)8-10-2-1-5-18-10/h9-10H,1-8H2/b11-9+/t10-/m1/s1. The van der Waals surface area contributed by atoms with Crippen molar-refractivity contribution in [3.63, 3.8) is 0 Å². The van der Waals surface area contributed by atoms with Crippen molar-refractivity contribution in [2.45, 2.75) is 18.9 Å². The fourth-order valence-electron chi connectivity index (χ4n) is 2.51. The number of hydrogen-bond acceptors (Lipinski definition) is 6. The smallest absolute Gasteiger partial charge is 0.267 e. The monoisotopic (exact) mass is 314 g/mol. The van der Waals surface area contributed by atoms with Crippen molar-refractivity contribution in [1.29, 1.82) is 0 Å². The van der Waals surface area contributed by atoms with Crippen molar-refractivity contribution in [2.24, 2.45) is 0 Å². The zero-order valence-corrected chi connectivity index (χ0v) is 12.9. The van der Waals surface area contributed by atoms with Crippen LogP contribution in [-0.4, -0.2) is 65.6 Å². The second-order valence-electron chi connectivity index (χ2n) is 5.06. The molecule has 5 nitrogen and oxygen atoms in total. The number of nitrogens with zero attached hydrogens (tertiary/aromatic N) is 2. The minimum atomic E-state index is 0.0157. The van der Waals surface area contributed by atoms with Crippen LogP contribution in [0.4, 0.5) is 0 Å². The van der Waals surface area contributed by atoms with E-state index in [9.17, 15) is 4.79 Å². The molecule has 3 aliphatic rings. The minimum absolute atomic E-state index is 0.0157. The van der Waals surface area contributed by atoms with Crippen LogP contribution in [0.5, 0.6) is 0 Å². The maximum absolute atomic E-state index is 12.4. The van der Waals surface area contributed by atoms with E-state index in [1.807, 2.05) is 6.20 Å². The van der Waals surface area contributed by atoms with Gasteiger partial charge in [-0.2, -0.15) is 0 Å². The summed E-state index contributed by atoms with van der Waals surface area (Å²) in [5.74, 6) is 0.0157. The van der Waals surface area contributed by atoms with Gasteiger partial charge in [0, 0.05) is 25.9 Å². The lowest BCUT2D eigenvalue weighted by Gasteiger charge is -2.25. The summed E-state index contributed by atoms with van der Waals surface area (Å²) in [6.45, 7) is 4.47. The predicted molar refractivity (Wildman–Crippen MR) is 81.4 cm³/mol. The van der Waals surface area contributed by atoms with Crippen LogP contribution in [0.1, 0.15) is 12.8 Å². The molecule has 0 bridgehead atoms. The van der Waals surface area contributed by atoms with Crippen LogP contribution in [0.3, 0.4) is 0 Å². The number of morpholine rings is 1. The van der Waals surface area contributed by atoms with E-state index < -0.39 is 0 Å². The van der Waals surface area contributed by atoms with Crippen molar-refractivity contribution in [1.82, 2.24) is 9.80 Å². The number of ether oxygens (including phenoxy) is 2. The lowest BCUT2D eigenvalue weighted by Crippen LogP contribution is -2.36. The number of thioether (sulfide) groups is 1. The molecule has 110 valence electrons. The van der Waals surface area contributed by atoms with Gasteiger partial charge in [-0.05, 0) is 12.8 Å². The van der Waals surface area contributed by atoms with E-state index in [1.165, 1.54) is 11.8 Å². The van der Waals surface area contributed by atoms with E-state index in [-0.39, 0.29) is 12.0 Å². The zero-order valence-electron chi connectivity index (χ0n) is 11.2. The van der Waals surface area contributed by atoms with Gasteiger partial charge in [0.1, 0.15) is 4.32 Å². The fraction of sp³-hybridized carbons (Fsp3) is 0.692. The molecule has 3 aliphatic heterocycles. The molecule has 0 N–H and O–H groups in total. The number of hydrogen-bond donors (Lipinski definition) is 0. The van der Waals surface area contributed by atoms with Gasteiger partial charge in [-0.1, -0.05) is 24.0 Å². The quantitative estimate of drug-likeness (QED) is 0.576. The normalized spacial score (nSPS) is 29.8. The largest absolute Gasteiger partial charge is 0.378 e. The van der Waals surface area contributed by atoms with Crippen LogP contribution in [-0.2, 0) is 14.3 Å². The molecule has 0 saturated carbocycles.